The molecule has 0 fully saturated rings. The maximum Gasteiger partial charge on any atom is 0.472 e. The zero-order chi connectivity index (χ0) is 74.6. The quantitative estimate of drug-likeness (QED) is 0.0169. The Kier molecular flexibility index (Phi) is 72.7. The van der Waals surface area contributed by atoms with Crippen LogP contribution in [0.15, 0.2) is 85.1 Å². The Morgan fingerprint density at radius 2 is 0.490 bits per heavy atom. The third kappa shape index (κ3) is 74.5. The molecule has 0 saturated heterocycles. The molecule has 0 radical (unpaired) electrons. The van der Waals surface area contributed by atoms with Gasteiger partial charge in [0.2, 0.25) is 0 Å². The molecule has 0 aromatic rings. The largest absolute Gasteiger partial charge is 0.472 e. The number of esters is 4. The van der Waals surface area contributed by atoms with Crippen LogP contribution in [-0.2, 0) is 65.4 Å². The summed E-state index contributed by atoms with van der Waals surface area (Å²) in [5, 5.41) is 10.6. The molecule has 5 atom stereocenters. The van der Waals surface area contributed by atoms with Crippen LogP contribution in [0.1, 0.15) is 362 Å². The van der Waals surface area contributed by atoms with Gasteiger partial charge in [0, 0.05) is 25.7 Å². The van der Waals surface area contributed by atoms with Gasteiger partial charge in [-0.2, -0.15) is 0 Å². The van der Waals surface area contributed by atoms with Gasteiger partial charge in [0.25, 0.3) is 0 Å². The topological polar surface area (TPSA) is 237 Å². The molecule has 0 saturated carbocycles. The summed E-state index contributed by atoms with van der Waals surface area (Å²) < 4.78 is 68.6. The van der Waals surface area contributed by atoms with E-state index >= 15 is 0 Å². The van der Waals surface area contributed by atoms with Gasteiger partial charge in [0.15, 0.2) is 12.2 Å². The molecule has 0 rings (SSSR count). The predicted molar refractivity (Wildman–Crippen MR) is 418 cm³/mol. The number of phosphoric ester groups is 2. The lowest BCUT2D eigenvalue weighted by molar-refractivity contribution is -0.161. The number of carbonyl (C=O) groups is 4. The van der Waals surface area contributed by atoms with Gasteiger partial charge in [-0.15, -0.1) is 0 Å². The second-order valence-corrected chi connectivity index (χ2v) is 30.3. The van der Waals surface area contributed by atoms with Crippen molar-refractivity contribution in [1.82, 2.24) is 0 Å². The van der Waals surface area contributed by atoms with Gasteiger partial charge < -0.3 is 33.8 Å². The van der Waals surface area contributed by atoms with Crippen LogP contribution in [0.4, 0.5) is 0 Å². The van der Waals surface area contributed by atoms with Gasteiger partial charge >= 0.3 is 39.5 Å². The van der Waals surface area contributed by atoms with Crippen LogP contribution in [0.3, 0.4) is 0 Å². The molecule has 0 aliphatic heterocycles. The molecule has 0 aliphatic carbocycles. The molecule has 0 bridgehead atoms. The summed E-state index contributed by atoms with van der Waals surface area (Å²) >= 11 is 0. The van der Waals surface area contributed by atoms with E-state index in [1.54, 1.807) is 0 Å². The average molecular weight is 1480 g/mol. The van der Waals surface area contributed by atoms with E-state index in [0.717, 1.165) is 135 Å². The first-order valence-electron chi connectivity index (χ1n) is 40.8. The molecule has 0 aromatic carbocycles. The van der Waals surface area contributed by atoms with Crippen LogP contribution in [-0.4, -0.2) is 96.7 Å². The monoisotopic (exact) mass is 1480 g/mol. The first-order chi connectivity index (χ1) is 49.7. The third-order valence-electron chi connectivity index (χ3n) is 17.3. The number of hydrogen-bond donors (Lipinski definition) is 3. The minimum atomic E-state index is -4.99. The van der Waals surface area contributed by atoms with Crippen LogP contribution >= 0.6 is 15.6 Å². The lowest BCUT2D eigenvalue weighted by Crippen LogP contribution is -2.30. The zero-order valence-electron chi connectivity index (χ0n) is 64.8. The molecule has 0 aromatic heterocycles. The highest BCUT2D eigenvalue weighted by atomic mass is 31.2. The van der Waals surface area contributed by atoms with Gasteiger partial charge in [-0.1, -0.05) is 299 Å². The van der Waals surface area contributed by atoms with Gasteiger partial charge in [-0.3, -0.25) is 37.3 Å². The molecule has 0 amide bonds. The van der Waals surface area contributed by atoms with Crippen LogP contribution in [0.25, 0.3) is 0 Å². The highest BCUT2D eigenvalue weighted by molar-refractivity contribution is 7.47. The summed E-state index contributed by atoms with van der Waals surface area (Å²) in [6.07, 6.45) is 78.4. The fourth-order valence-electron chi connectivity index (χ4n) is 11.1. The fourth-order valence-corrected chi connectivity index (χ4v) is 12.6. The van der Waals surface area contributed by atoms with E-state index in [2.05, 4.69) is 101 Å². The number of aliphatic hydroxyl groups is 1. The molecule has 19 heteroatoms. The van der Waals surface area contributed by atoms with E-state index in [-0.39, 0.29) is 25.7 Å². The molecule has 0 aliphatic rings. The maximum atomic E-state index is 13.1. The molecule has 0 spiro atoms. The summed E-state index contributed by atoms with van der Waals surface area (Å²) in [6.45, 7) is 4.79. The van der Waals surface area contributed by atoms with Crippen molar-refractivity contribution in [2.75, 3.05) is 39.6 Å². The van der Waals surface area contributed by atoms with Crippen molar-refractivity contribution in [2.24, 2.45) is 0 Å². The molecule has 17 nitrogen and oxygen atoms in total. The van der Waals surface area contributed by atoms with Gasteiger partial charge in [-0.05, 0) is 122 Å². The zero-order valence-corrected chi connectivity index (χ0v) is 66.6. The summed E-state index contributed by atoms with van der Waals surface area (Å²) in [5.41, 5.74) is 0. The lowest BCUT2D eigenvalue weighted by atomic mass is 10.0. The van der Waals surface area contributed by atoms with E-state index in [1.807, 2.05) is 12.2 Å². The highest BCUT2D eigenvalue weighted by Crippen LogP contribution is 2.45. The Morgan fingerprint density at radius 1 is 0.275 bits per heavy atom. The molecule has 0 heterocycles. The number of phosphoric acid groups is 2. The summed E-state index contributed by atoms with van der Waals surface area (Å²) in [6, 6.07) is 0. The number of rotatable bonds is 77. The predicted octanol–water partition coefficient (Wildman–Crippen LogP) is 23.8. The average Bonchev–Trinajstić information content (AvgIpc) is 0.923. The molecular formula is C83H148O17P2. The maximum absolute atomic E-state index is 13.1. The van der Waals surface area contributed by atoms with Crippen molar-refractivity contribution in [2.45, 2.75) is 380 Å². The van der Waals surface area contributed by atoms with Crippen LogP contribution in [0.2, 0.25) is 0 Å². The summed E-state index contributed by atoms with van der Waals surface area (Å²) in [5.74, 6) is -2.24. The van der Waals surface area contributed by atoms with E-state index < -0.39 is 97.5 Å². The first-order valence-corrected chi connectivity index (χ1v) is 43.8. The molecule has 3 N–H and O–H groups in total. The number of aliphatic hydroxyl groups excluding tert-OH is 1. The number of unbranched alkanes of at least 4 members (excludes halogenated alkanes) is 37. The summed E-state index contributed by atoms with van der Waals surface area (Å²) in [4.78, 5) is 73.0. The fraction of sp³-hybridized carbons (Fsp3) is 0.783. The van der Waals surface area contributed by atoms with E-state index in [9.17, 15) is 43.2 Å². The highest BCUT2D eigenvalue weighted by Gasteiger charge is 2.30. The van der Waals surface area contributed by atoms with Crippen LogP contribution in [0.5, 0.6) is 0 Å². The Balaban J connectivity index is 5.40. The van der Waals surface area contributed by atoms with Crippen molar-refractivity contribution in [3.8, 4) is 0 Å². The van der Waals surface area contributed by atoms with E-state index in [1.165, 1.54) is 141 Å². The smallest absolute Gasteiger partial charge is 0.462 e. The summed E-state index contributed by atoms with van der Waals surface area (Å²) in [7, 11) is -9.97. The second-order valence-electron chi connectivity index (χ2n) is 27.4. The Morgan fingerprint density at radius 3 is 0.804 bits per heavy atom. The third-order valence-corrected chi connectivity index (χ3v) is 19.2. The van der Waals surface area contributed by atoms with Gasteiger partial charge in [0.1, 0.15) is 19.3 Å². The van der Waals surface area contributed by atoms with E-state index in [0.29, 0.717) is 32.1 Å². The number of hydrogen-bond acceptors (Lipinski definition) is 15. The Bertz CT molecular complexity index is 2260. The SMILES string of the molecule is CCCCC/C=C\C/C=C\C/C=C\C/C=C\CCCC(=O)OC[C@H](COP(=O)(O)OC[C@@H](O)COP(=O)(O)OC[C@@H](COC(=O)CCCCCCC/C=C\C/C=C\CCCCC)OC(=O)CCCCCCC/C=C\CCCCCCCC)OC(=O)CCCCCCCCCCCCCCCCC. The van der Waals surface area contributed by atoms with E-state index in [4.69, 9.17) is 37.0 Å². The van der Waals surface area contributed by atoms with Gasteiger partial charge in [0.05, 0.1) is 26.4 Å². The van der Waals surface area contributed by atoms with Crippen molar-refractivity contribution in [3.05, 3.63) is 85.1 Å². The Labute approximate surface area is 621 Å². The van der Waals surface area contributed by atoms with Crippen molar-refractivity contribution in [3.63, 3.8) is 0 Å². The molecule has 2 unspecified atom stereocenters. The lowest BCUT2D eigenvalue weighted by Gasteiger charge is -2.21. The number of ether oxygens (including phenoxy) is 4. The minimum absolute atomic E-state index is 0.0829. The van der Waals surface area contributed by atoms with Crippen molar-refractivity contribution >= 4 is 39.5 Å². The second kappa shape index (κ2) is 75.5. The number of allylic oxidation sites excluding steroid dienone is 14. The van der Waals surface area contributed by atoms with Crippen molar-refractivity contribution < 1.29 is 80.2 Å². The normalized spacial score (nSPS) is 14.3. The molecule has 592 valence electrons. The van der Waals surface area contributed by atoms with Gasteiger partial charge in [-0.25, -0.2) is 9.13 Å². The molecule has 102 heavy (non-hydrogen) atoms. The Hall–Kier alpha value is -3.76. The van der Waals surface area contributed by atoms with Crippen LogP contribution < -0.4 is 0 Å². The van der Waals surface area contributed by atoms with Crippen LogP contribution in [0, 0.1) is 0 Å². The van der Waals surface area contributed by atoms with Crippen molar-refractivity contribution in [1.29, 1.82) is 0 Å². The molecular weight excluding hydrogens is 1330 g/mol. The standard InChI is InChI=1S/C83H148O17P2/c1-5-9-13-17-21-25-29-33-37-38-42-44-48-52-56-60-64-68-81(86)94-74-79(100-83(88)70-66-62-58-54-50-46-41-36-32-28-24-20-16-12-8-4)76-98-102(91,92)96-72-77(84)71-95-101(89,90)97-75-78(99-82(87)69-65-61-57-53-49-45-40-35-31-27-23-19-15-11-7-3)73-93-80(85)67-63-59-55-51-47-43-39-34-30-26-22-18-14-10-6-2/h21-22,25-26,33-35,37,39-40,42,44,52,56,77-79,84H,5-20,23-24,27-32,36,38,41,43,45-51,53-55,57-76H2,1-4H3,(H,89,90)(H,91,92)/b25-21-,26-22-,37-33-,39-34-,40-35-,44-42-,56-52-/t77-,78+,79+/m0/s1. The number of carbonyl (C=O) groups excluding carboxylic acids is 4. The first kappa shape index (κ1) is 98.2. The minimum Gasteiger partial charge on any atom is -0.462 e.